The van der Waals surface area contributed by atoms with Crippen LogP contribution in [0.1, 0.15) is 61.6 Å². The number of alkyl halides is 5. The van der Waals surface area contributed by atoms with Crippen molar-refractivity contribution >= 4 is 22.2 Å². The number of fused-ring (bicyclic) bond motifs is 3. The Labute approximate surface area is 233 Å². The van der Waals surface area contributed by atoms with E-state index in [-0.39, 0.29) is 60.1 Å². The number of halogens is 6. The number of sulfone groups is 1. The van der Waals surface area contributed by atoms with Crippen molar-refractivity contribution in [3.05, 3.63) is 65.0 Å². The van der Waals surface area contributed by atoms with Crippen molar-refractivity contribution in [3.8, 4) is 0 Å². The smallest absolute Gasteiger partial charge is 0.458 e. The van der Waals surface area contributed by atoms with Crippen LogP contribution in [0.25, 0.3) is 0 Å². The van der Waals surface area contributed by atoms with Gasteiger partial charge in [0.25, 0.3) is 6.47 Å². The fourth-order valence-electron chi connectivity index (χ4n) is 6.56. The summed E-state index contributed by atoms with van der Waals surface area (Å²) >= 11 is 0. The maximum Gasteiger partial charge on any atom is 0.458 e. The minimum absolute atomic E-state index is 0.0386. The molecule has 1 aliphatic heterocycles. The number of hydrogen-bond acceptors (Lipinski definition) is 4. The lowest BCUT2D eigenvalue weighted by Crippen LogP contribution is -2.53. The highest BCUT2D eigenvalue weighted by Crippen LogP contribution is 2.54. The summed E-state index contributed by atoms with van der Waals surface area (Å²) in [6.07, 6.45) is -1.51. The minimum Gasteiger partial charge on any atom is -0.483 e. The fourth-order valence-corrected chi connectivity index (χ4v) is 8.93. The SMILES string of the molecule is O=C(C1CCCCC1)N1CCC2(S(=O)(=O)c3ccc(F)cc3)c3ccc(C(F)(F)C(F)(F)F)cc3CCC12.O=CO. The zero-order valence-corrected chi connectivity index (χ0v) is 22.7. The molecular formula is C28H29F6NO5S. The molecule has 1 heterocycles. The van der Waals surface area contributed by atoms with Crippen LogP contribution in [-0.2, 0) is 36.5 Å². The molecule has 0 aromatic heterocycles. The largest absolute Gasteiger partial charge is 0.483 e. The van der Waals surface area contributed by atoms with E-state index in [1.54, 1.807) is 4.90 Å². The Hall–Kier alpha value is -3.09. The summed E-state index contributed by atoms with van der Waals surface area (Å²) in [6.45, 7) is -0.139. The van der Waals surface area contributed by atoms with Crippen molar-refractivity contribution in [2.75, 3.05) is 6.54 Å². The number of likely N-dealkylation sites (tertiary alicyclic amines) is 1. The van der Waals surface area contributed by atoms with Gasteiger partial charge in [0, 0.05) is 18.0 Å². The molecule has 2 fully saturated rings. The molecule has 224 valence electrons. The lowest BCUT2D eigenvalue weighted by molar-refractivity contribution is -0.289. The lowest BCUT2D eigenvalue weighted by Gasteiger charge is -2.43. The number of benzene rings is 2. The molecule has 0 spiro atoms. The first-order valence-corrected chi connectivity index (χ1v) is 14.7. The van der Waals surface area contributed by atoms with Gasteiger partial charge < -0.3 is 10.0 Å². The highest BCUT2D eigenvalue weighted by Gasteiger charge is 2.62. The molecule has 0 bridgehead atoms. The molecule has 2 aliphatic carbocycles. The Bertz CT molecular complexity index is 1390. The lowest BCUT2D eigenvalue weighted by atomic mass is 9.77. The van der Waals surface area contributed by atoms with Crippen LogP contribution in [0, 0.1) is 11.7 Å². The molecule has 5 rings (SSSR count). The monoisotopic (exact) mass is 605 g/mol. The first-order chi connectivity index (χ1) is 19.2. The number of nitrogens with zero attached hydrogens (tertiary/aromatic N) is 1. The Kier molecular flexibility index (Phi) is 8.50. The van der Waals surface area contributed by atoms with Crippen LogP contribution in [0.5, 0.6) is 0 Å². The van der Waals surface area contributed by atoms with Gasteiger partial charge >= 0.3 is 12.1 Å². The number of aryl methyl sites for hydroxylation is 1. The number of rotatable bonds is 4. The highest BCUT2D eigenvalue weighted by molar-refractivity contribution is 7.92. The molecule has 6 nitrogen and oxygen atoms in total. The van der Waals surface area contributed by atoms with Crippen LogP contribution in [0.4, 0.5) is 26.3 Å². The Morgan fingerprint density at radius 1 is 0.976 bits per heavy atom. The summed E-state index contributed by atoms with van der Waals surface area (Å²) < 4.78 is 108. The predicted molar refractivity (Wildman–Crippen MR) is 135 cm³/mol. The molecule has 0 radical (unpaired) electrons. The Morgan fingerprint density at radius 2 is 1.59 bits per heavy atom. The second-order valence-electron chi connectivity index (χ2n) is 10.6. The first-order valence-electron chi connectivity index (χ1n) is 13.2. The molecule has 2 aromatic carbocycles. The number of carbonyl (C=O) groups is 2. The number of amides is 1. The van der Waals surface area contributed by atoms with E-state index in [0.29, 0.717) is 18.9 Å². The average molecular weight is 606 g/mol. The van der Waals surface area contributed by atoms with E-state index in [1.807, 2.05) is 0 Å². The van der Waals surface area contributed by atoms with E-state index >= 15 is 0 Å². The summed E-state index contributed by atoms with van der Waals surface area (Å²) in [7, 11) is -4.33. The van der Waals surface area contributed by atoms with Gasteiger partial charge in [-0.1, -0.05) is 31.4 Å². The van der Waals surface area contributed by atoms with Gasteiger partial charge in [-0.3, -0.25) is 9.59 Å². The van der Waals surface area contributed by atoms with Gasteiger partial charge in [0.1, 0.15) is 10.6 Å². The van der Waals surface area contributed by atoms with Gasteiger partial charge in [-0.2, -0.15) is 22.0 Å². The van der Waals surface area contributed by atoms with Crippen LogP contribution in [-0.4, -0.2) is 49.6 Å². The molecule has 1 saturated carbocycles. The second kappa shape index (κ2) is 11.3. The molecular weight excluding hydrogens is 576 g/mol. The molecule has 1 amide bonds. The van der Waals surface area contributed by atoms with Gasteiger partial charge in [-0.25, -0.2) is 12.8 Å². The van der Waals surface area contributed by atoms with E-state index in [4.69, 9.17) is 9.90 Å². The molecule has 2 unspecified atom stereocenters. The molecule has 1 saturated heterocycles. The van der Waals surface area contributed by atoms with Crippen LogP contribution < -0.4 is 0 Å². The van der Waals surface area contributed by atoms with Gasteiger partial charge in [0.2, 0.25) is 5.91 Å². The standard InChI is InChI=1S/C27H27F6NO3S.CH2O2/c28-20-8-10-21(11-9-20)38(36,37)25-14-15-34(24(35)17-4-2-1-3-5-17)23(25)13-6-18-16-19(7-12-22(18)25)26(29,30)27(31,32)33;2-1-3/h7-12,16-17,23H,1-6,13-15H2;1H,(H,2,3). The van der Waals surface area contributed by atoms with Crippen molar-refractivity contribution in [2.24, 2.45) is 5.92 Å². The van der Waals surface area contributed by atoms with Crippen LogP contribution in [0.15, 0.2) is 47.4 Å². The summed E-state index contributed by atoms with van der Waals surface area (Å²) in [5, 5.41) is 6.89. The van der Waals surface area contributed by atoms with Crippen molar-refractivity contribution in [1.82, 2.24) is 4.90 Å². The van der Waals surface area contributed by atoms with Crippen molar-refractivity contribution in [1.29, 1.82) is 0 Å². The van der Waals surface area contributed by atoms with E-state index < -0.39 is 44.1 Å². The summed E-state index contributed by atoms with van der Waals surface area (Å²) in [6, 6.07) is 5.81. The quantitative estimate of drug-likeness (QED) is 0.263. The fraction of sp³-hybridized carbons (Fsp3) is 0.500. The molecule has 3 aliphatic rings. The van der Waals surface area contributed by atoms with Crippen molar-refractivity contribution in [3.63, 3.8) is 0 Å². The first kappa shape index (κ1) is 30.9. The maximum absolute atomic E-state index is 14.3. The molecule has 41 heavy (non-hydrogen) atoms. The molecule has 2 aromatic rings. The topological polar surface area (TPSA) is 91.8 Å². The molecule has 13 heteroatoms. The van der Waals surface area contributed by atoms with Crippen molar-refractivity contribution in [2.45, 2.75) is 79.1 Å². The van der Waals surface area contributed by atoms with Gasteiger partial charge in [-0.15, -0.1) is 0 Å². The Morgan fingerprint density at radius 3 is 2.17 bits per heavy atom. The van der Waals surface area contributed by atoms with E-state index in [9.17, 15) is 39.6 Å². The molecule has 2 atom stereocenters. The van der Waals surface area contributed by atoms with E-state index in [0.717, 1.165) is 55.7 Å². The maximum atomic E-state index is 14.3. The highest BCUT2D eigenvalue weighted by atomic mass is 32.2. The van der Waals surface area contributed by atoms with Crippen molar-refractivity contribution < 1.29 is 49.5 Å². The van der Waals surface area contributed by atoms with E-state index in [2.05, 4.69) is 0 Å². The third-order valence-electron chi connectivity index (χ3n) is 8.45. The Balaban J connectivity index is 0.00000124. The summed E-state index contributed by atoms with van der Waals surface area (Å²) in [4.78, 5) is 23.3. The van der Waals surface area contributed by atoms with E-state index in [1.165, 1.54) is 0 Å². The number of carbonyl (C=O) groups excluding carboxylic acids is 1. The van der Waals surface area contributed by atoms with Gasteiger partial charge in [0.05, 0.1) is 10.9 Å². The third-order valence-corrected chi connectivity index (χ3v) is 11.0. The predicted octanol–water partition coefficient (Wildman–Crippen LogP) is 5.98. The third kappa shape index (κ3) is 5.21. The average Bonchev–Trinajstić information content (AvgIpc) is 3.34. The summed E-state index contributed by atoms with van der Waals surface area (Å²) in [5.41, 5.74) is -1.05. The second-order valence-corrected chi connectivity index (χ2v) is 12.8. The molecule has 1 N–H and O–H groups in total. The normalized spacial score (nSPS) is 23.2. The minimum atomic E-state index is -5.81. The van der Waals surface area contributed by atoms with Crippen LogP contribution in [0.2, 0.25) is 0 Å². The summed E-state index contributed by atoms with van der Waals surface area (Å²) in [5.74, 6) is -6.14. The van der Waals surface area contributed by atoms with Gasteiger partial charge in [0.15, 0.2) is 9.84 Å². The zero-order valence-electron chi connectivity index (χ0n) is 21.8. The van der Waals surface area contributed by atoms with Crippen LogP contribution in [0.3, 0.4) is 0 Å². The van der Waals surface area contributed by atoms with Crippen LogP contribution >= 0.6 is 0 Å². The number of carboxylic acid groups (broad SMARTS) is 1. The number of hydrogen-bond donors (Lipinski definition) is 1. The van der Waals surface area contributed by atoms with Gasteiger partial charge in [-0.05, 0) is 73.6 Å². The zero-order chi connectivity index (χ0) is 30.2.